The van der Waals surface area contributed by atoms with E-state index in [1.165, 1.54) is 4.90 Å². The van der Waals surface area contributed by atoms with Gasteiger partial charge in [0.1, 0.15) is 17.3 Å². The number of carbonyl (C=O) groups is 2. The number of amides is 1. The minimum Gasteiger partial charge on any atom is -0.507 e. The summed E-state index contributed by atoms with van der Waals surface area (Å²) >= 11 is 0. The van der Waals surface area contributed by atoms with Crippen LogP contribution in [0.2, 0.25) is 0 Å². The van der Waals surface area contributed by atoms with Crippen LogP contribution in [0.5, 0.6) is 11.5 Å². The first-order valence-corrected chi connectivity index (χ1v) is 10.7. The lowest BCUT2D eigenvalue weighted by atomic mass is 9.95. The molecule has 7 heteroatoms. The van der Waals surface area contributed by atoms with Gasteiger partial charge in [0.15, 0.2) is 0 Å². The second kappa shape index (κ2) is 10.3. The number of ether oxygens (including phenoxy) is 2. The van der Waals surface area contributed by atoms with Gasteiger partial charge in [0, 0.05) is 18.7 Å². The monoisotopic (exact) mass is 438 g/mol. The maximum Gasteiger partial charge on any atom is 0.295 e. The fraction of sp³-hybridized carbons (Fsp3) is 0.360. The van der Waals surface area contributed by atoms with Gasteiger partial charge in [0.25, 0.3) is 11.7 Å². The second-order valence-electron chi connectivity index (χ2n) is 7.94. The average molecular weight is 439 g/mol. The number of aliphatic hydroxyl groups is 1. The lowest BCUT2D eigenvalue weighted by Crippen LogP contribution is -2.35. The number of aliphatic hydroxyl groups excluding tert-OH is 1. The third kappa shape index (κ3) is 4.94. The van der Waals surface area contributed by atoms with Crippen LogP contribution in [0.25, 0.3) is 5.76 Å². The number of benzene rings is 2. The van der Waals surface area contributed by atoms with E-state index in [2.05, 4.69) is 0 Å². The highest BCUT2D eigenvalue weighted by Crippen LogP contribution is 2.39. The van der Waals surface area contributed by atoms with Crippen LogP contribution < -0.4 is 9.47 Å². The lowest BCUT2D eigenvalue weighted by molar-refractivity contribution is -0.140. The van der Waals surface area contributed by atoms with Gasteiger partial charge in [-0.25, -0.2) is 0 Å². The molecule has 0 aliphatic carbocycles. The van der Waals surface area contributed by atoms with E-state index in [4.69, 9.17) is 9.47 Å². The van der Waals surface area contributed by atoms with Gasteiger partial charge >= 0.3 is 0 Å². The molecule has 0 aromatic heterocycles. The topological polar surface area (TPSA) is 79.3 Å². The molecule has 1 N–H and O–H groups in total. The Morgan fingerprint density at radius 1 is 1.03 bits per heavy atom. The highest BCUT2D eigenvalue weighted by molar-refractivity contribution is 6.46. The van der Waals surface area contributed by atoms with E-state index >= 15 is 0 Å². The second-order valence-corrected chi connectivity index (χ2v) is 7.94. The van der Waals surface area contributed by atoms with Gasteiger partial charge < -0.3 is 24.4 Å². The fourth-order valence-corrected chi connectivity index (χ4v) is 3.64. The van der Waals surface area contributed by atoms with Gasteiger partial charge in [-0.1, -0.05) is 19.1 Å². The van der Waals surface area contributed by atoms with Crippen molar-refractivity contribution in [3.05, 3.63) is 65.2 Å². The molecule has 0 radical (unpaired) electrons. The molecule has 1 aliphatic heterocycles. The van der Waals surface area contributed by atoms with E-state index in [9.17, 15) is 14.7 Å². The number of hydrogen-bond donors (Lipinski definition) is 1. The number of carbonyl (C=O) groups excluding carboxylic acids is 2. The molecule has 7 nitrogen and oxygen atoms in total. The molecule has 0 spiro atoms. The van der Waals surface area contributed by atoms with Gasteiger partial charge in [-0.15, -0.1) is 0 Å². The number of hydrogen-bond acceptors (Lipinski definition) is 6. The summed E-state index contributed by atoms with van der Waals surface area (Å²) in [5, 5.41) is 11.1. The Balaban J connectivity index is 2.05. The number of methoxy groups -OCH3 is 1. The van der Waals surface area contributed by atoms with Crippen LogP contribution in [0.1, 0.15) is 30.5 Å². The van der Waals surface area contributed by atoms with E-state index in [1.54, 1.807) is 31.4 Å². The Labute approximate surface area is 188 Å². The summed E-state index contributed by atoms with van der Waals surface area (Å²) in [5.41, 5.74) is 1.27. The maximum absolute atomic E-state index is 13.0. The van der Waals surface area contributed by atoms with Crippen molar-refractivity contribution in [1.82, 2.24) is 9.80 Å². The van der Waals surface area contributed by atoms with Crippen LogP contribution in [0, 0.1) is 0 Å². The van der Waals surface area contributed by atoms with E-state index in [1.807, 2.05) is 50.2 Å². The number of rotatable bonds is 9. The van der Waals surface area contributed by atoms with Crippen LogP contribution in [0.4, 0.5) is 0 Å². The Bertz CT molecular complexity index is 980. The van der Waals surface area contributed by atoms with E-state index < -0.39 is 17.7 Å². The van der Waals surface area contributed by atoms with Crippen LogP contribution in [0.3, 0.4) is 0 Å². The van der Waals surface area contributed by atoms with E-state index in [-0.39, 0.29) is 11.3 Å². The predicted octanol–water partition coefficient (Wildman–Crippen LogP) is 3.47. The molecule has 0 saturated carbocycles. The number of likely N-dealkylation sites (tertiary alicyclic amines) is 1. The molecule has 2 aromatic carbocycles. The minimum absolute atomic E-state index is 0.0844. The molecule has 0 unspecified atom stereocenters. The molecule has 1 aliphatic rings. The molecule has 1 amide bonds. The Kier molecular flexibility index (Phi) is 7.53. The molecule has 170 valence electrons. The summed E-state index contributed by atoms with van der Waals surface area (Å²) < 4.78 is 10.8. The predicted molar refractivity (Wildman–Crippen MR) is 123 cm³/mol. The summed E-state index contributed by atoms with van der Waals surface area (Å²) in [7, 11) is 5.37. The van der Waals surface area contributed by atoms with Crippen molar-refractivity contribution in [1.29, 1.82) is 0 Å². The van der Waals surface area contributed by atoms with E-state index in [0.29, 0.717) is 31.0 Å². The molecular weight excluding hydrogens is 408 g/mol. The summed E-state index contributed by atoms with van der Waals surface area (Å²) in [6, 6.07) is 13.4. The molecule has 32 heavy (non-hydrogen) atoms. The van der Waals surface area contributed by atoms with Crippen molar-refractivity contribution < 1.29 is 24.2 Å². The Morgan fingerprint density at radius 2 is 1.66 bits per heavy atom. The number of Topliss-reactive ketones (excluding diaryl/α,β-unsaturated/α-hetero) is 1. The standard InChI is InChI=1S/C25H30N2O5/c1-5-16-32-20-12-6-17(7-13-20)22-21(23(28)18-8-10-19(31-4)11-9-18)24(29)25(30)27(22)15-14-26(2)3/h6-13,22,28H,5,14-16H2,1-4H3/b23-21+/t22-/m1/s1. The quantitative estimate of drug-likeness (QED) is 0.367. The van der Waals surface area contributed by atoms with Crippen molar-refractivity contribution in [2.24, 2.45) is 0 Å². The highest BCUT2D eigenvalue weighted by Gasteiger charge is 2.45. The van der Waals surface area contributed by atoms with Gasteiger partial charge in [-0.3, -0.25) is 9.59 Å². The van der Waals surface area contributed by atoms with Crippen molar-refractivity contribution in [3.8, 4) is 11.5 Å². The molecule has 3 rings (SSSR count). The number of ketones is 1. The highest BCUT2D eigenvalue weighted by atomic mass is 16.5. The number of likely N-dealkylation sites (N-methyl/N-ethyl adjacent to an activating group) is 1. The van der Waals surface area contributed by atoms with Crippen molar-refractivity contribution in [2.75, 3.05) is 40.9 Å². The first-order chi connectivity index (χ1) is 15.4. The molecule has 1 atom stereocenters. The van der Waals surface area contributed by atoms with Crippen LogP contribution >= 0.6 is 0 Å². The van der Waals surface area contributed by atoms with Crippen LogP contribution in [-0.4, -0.2) is 67.5 Å². The van der Waals surface area contributed by atoms with Gasteiger partial charge in [0.2, 0.25) is 0 Å². The van der Waals surface area contributed by atoms with Crippen molar-refractivity contribution in [2.45, 2.75) is 19.4 Å². The first kappa shape index (κ1) is 23.3. The van der Waals surface area contributed by atoms with Crippen LogP contribution in [0.15, 0.2) is 54.1 Å². The zero-order valence-corrected chi connectivity index (χ0v) is 19.0. The normalized spacial score (nSPS) is 17.8. The molecule has 1 fully saturated rings. The van der Waals surface area contributed by atoms with Crippen molar-refractivity contribution >= 4 is 17.4 Å². The third-order valence-corrected chi connectivity index (χ3v) is 5.36. The van der Waals surface area contributed by atoms with Gasteiger partial charge in [-0.05, 0) is 62.5 Å². The number of nitrogens with zero attached hydrogens (tertiary/aromatic N) is 2. The average Bonchev–Trinajstić information content (AvgIpc) is 3.06. The molecule has 1 heterocycles. The minimum atomic E-state index is -0.687. The Hall–Kier alpha value is -3.32. The Morgan fingerprint density at radius 3 is 2.22 bits per heavy atom. The lowest BCUT2D eigenvalue weighted by Gasteiger charge is -2.26. The summed E-state index contributed by atoms with van der Waals surface area (Å²) in [5.74, 6) is -0.149. The largest absolute Gasteiger partial charge is 0.507 e. The fourth-order valence-electron chi connectivity index (χ4n) is 3.64. The summed E-state index contributed by atoms with van der Waals surface area (Å²) in [6.45, 7) is 3.59. The summed E-state index contributed by atoms with van der Waals surface area (Å²) in [4.78, 5) is 29.4. The molecule has 2 aromatic rings. The van der Waals surface area contributed by atoms with Gasteiger partial charge in [0.05, 0.1) is 25.3 Å². The first-order valence-electron chi connectivity index (χ1n) is 10.7. The zero-order chi connectivity index (χ0) is 23.3. The smallest absolute Gasteiger partial charge is 0.295 e. The van der Waals surface area contributed by atoms with Gasteiger partial charge in [-0.2, -0.15) is 0 Å². The van der Waals surface area contributed by atoms with Crippen LogP contribution in [-0.2, 0) is 9.59 Å². The molecule has 0 bridgehead atoms. The molecule has 1 saturated heterocycles. The SMILES string of the molecule is CCCOc1ccc([C@@H]2/C(=C(\O)c3ccc(OC)cc3)C(=O)C(=O)N2CCN(C)C)cc1. The molecular formula is C25H30N2O5. The van der Waals surface area contributed by atoms with Crippen molar-refractivity contribution in [3.63, 3.8) is 0 Å². The zero-order valence-electron chi connectivity index (χ0n) is 19.0. The summed E-state index contributed by atoms with van der Waals surface area (Å²) in [6.07, 6.45) is 0.897. The van der Waals surface area contributed by atoms with E-state index in [0.717, 1.165) is 17.7 Å². The maximum atomic E-state index is 13.0. The third-order valence-electron chi connectivity index (χ3n) is 5.36.